The van der Waals surface area contributed by atoms with Gasteiger partial charge in [-0.05, 0) is 28.7 Å². The van der Waals surface area contributed by atoms with Gasteiger partial charge in [-0.25, -0.2) is 9.38 Å². The molecule has 0 bridgehead atoms. The minimum absolute atomic E-state index is 0.0113. The summed E-state index contributed by atoms with van der Waals surface area (Å²) in [6.07, 6.45) is 0. The Kier molecular flexibility index (Phi) is 4.29. The van der Waals surface area contributed by atoms with Gasteiger partial charge in [-0.2, -0.15) is 5.26 Å². The monoisotopic (exact) mass is 337 g/mol. The van der Waals surface area contributed by atoms with Gasteiger partial charge >= 0.3 is 0 Å². The van der Waals surface area contributed by atoms with Crippen molar-refractivity contribution in [1.29, 1.82) is 5.26 Å². The van der Waals surface area contributed by atoms with E-state index in [2.05, 4.69) is 4.99 Å². The first-order valence-electron chi connectivity index (χ1n) is 3.86. The summed E-state index contributed by atoms with van der Waals surface area (Å²) in [5.74, 6) is -0.324. The zero-order valence-corrected chi connectivity index (χ0v) is 10.4. The molecule has 1 aromatic carbocycles. The molecule has 6 heteroatoms. The Morgan fingerprint density at radius 1 is 1.67 bits per heavy atom. The molecule has 0 aliphatic rings. The number of nitriles is 1. The number of hydrogen-bond donors (Lipinski definition) is 1. The Morgan fingerprint density at radius 2 is 2.33 bits per heavy atom. The van der Waals surface area contributed by atoms with Gasteiger partial charge in [0, 0.05) is 9.64 Å². The van der Waals surface area contributed by atoms with Gasteiger partial charge < -0.3 is 5.73 Å². The van der Waals surface area contributed by atoms with Crippen molar-refractivity contribution in [2.45, 2.75) is 0 Å². The zero-order chi connectivity index (χ0) is 11.4. The SMILES string of the molecule is N#Cc1cc(I)c(N=C(N)CCl)cc1F. The van der Waals surface area contributed by atoms with Crippen molar-refractivity contribution in [3.63, 3.8) is 0 Å². The maximum absolute atomic E-state index is 13.2. The summed E-state index contributed by atoms with van der Waals surface area (Å²) >= 11 is 7.40. The molecule has 0 heterocycles. The number of nitrogens with two attached hydrogens (primary N) is 1. The molecular formula is C9H6ClFIN3. The van der Waals surface area contributed by atoms with Crippen LogP contribution in [0.4, 0.5) is 10.1 Å². The van der Waals surface area contributed by atoms with Crippen LogP contribution in [-0.2, 0) is 0 Å². The highest BCUT2D eigenvalue weighted by atomic mass is 127. The third kappa shape index (κ3) is 3.04. The highest BCUT2D eigenvalue weighted by molar-refractivity contribution is 14.1. The van der Waals surface area contributed by atoms with Crippen LogP contribution in [0.2, 0.25) is 0 Å². The van der Waals surface area contributed by atoms with Crippen molar-refractivity contribution in [2.75, 3.05) is 5.88 Å². The van der Waals surface area contributed by atoms with E-state index in [1.54, 1.807) is 6.07 Å². The summed E-state index contributed by atoms with van der Waals surface area (Å²) in [5.41, 5.74) is 5.79. The lowest BCUT2D eigenvalue weighted by Gasteiger charge is -2.01. The maximum Gasteiger partial charge on any atom is 0.143 e. The molecule has 0 radical (unpaired) electrons. The van der Waals surface area contributed by atoms with Crippen LogP contribution < -0.4 is 5.73 Å². The van der Waals surface area contributed by atoms with Gasteiger partial charge in [0.2, 0.25) is 0 Å². The summed E-state index contributed by atoms with van der Waals surface area (Å²) < 4.78 is 13.9. The van der Waals surface area contributed by atoms with Gasteiger partial charge in [-0.3, -0.25) is 0 Å². The van der Waals surface area contributed by atoms with E-state index in [9.17, 15) is 4.39 Å². The number of aliphatic imine (C=N–C) groups is 1. The fraction of sp³-hybridized carbons (Fsp3) is 0.111. The first-order valence-corrected chi connectivity index (χ1v) is 5.48. The van der Waals surface area contributed by atoms with E-state index in [0.717, 1.165) is 0 Å². The van der Waals surface area contributed by atoms with E-state index in [1.165, 1.54) is 12.1 Å². The van der Waals surface area contributed by atoms with E-state index in [-0.39, 0.29) is 17.3 Å². The standard InChI is InChI=1S/C9H6ClFIN3/c10-3-9(14)15-8-2-6(11)5(4-13)1-7(8)12/h1-2H,3H2,(H2,14,15). The first kappa shape index (κ1) is 12.2. The van der Waals surface area contributed by atoms with Crippen molar-refractivity contribution < 1.29 is 4.39 Å². The molecule has 0 aliphatic heterocycles. The molecule has 15 heavy (non-hydrogen) atoms. The number of amidine groups is 1. The number of rotatable bonds is 2. The molecular weight excluding hydrogens is 331 g/mol. The number of benzene rings is 1. The molecule has 3 nitrogen and oxygen atoms in total. The van der Waals surface area contributed by atoms with Crippen LogP contribution in [0.5, 0.6) is 0 Å². The highest BCUT2D eigenvalue weighted by Crippen LogP contribution is 2.24. The van der Waals surface area contributed by atoms with E-state index in [0.29, 0.717) is 9.26 Å². The van der Waals surface area contributed by atoms with Crippen molar-refractivity contribution in [2.24, 2.45) is 10.7 Å². The number of hydrogen-bond acceptors (Lipinski definition) is 2. The molecule has 0 unspecified atom stereocenters. The normalized spacial score (nSPS) is 11.2. The summed E-state index contributed by atoms with van der Waals surface area (Å²) in [4.78, 5) is 3.92. The van der Waals surface area contributed by atoms with Gasteiger partial charge in [0.05, 0.1) is 17.1 Å². The van der Waals surface area contributed by atoms with E-state index >= 15 is 0 Å². The molecule has 0 saturated heterocycles. The number of halogens is 3. The van der Waals surface area contributed by atoms with Crippen LogP contribution in [0.25, 0.3) is 0 Å². The van der Waals surface area contributed by atoms with Gasteiger partial charge in [0.25, 0.3) is 0 Å². The lowest BCUT2D eigenvalue weighted by molar-refractivity contribution is 0.624. The lowest BCUT2D eigenvalue weighted by Crippen LogP contribution is -2.12. The number of alkyl halides is 1. The van der Waals surface area contributed by atoms with Crippen LogP contribution >= 0.6 is 34.2 Å². The Morgan fingerprint density at radius 3 is 2.87 bits per heavy atom. The van der Waals surface area contributed by atoms with Gasteiger partial charge in [-0.15, -0.1) is 11.6 Å². The third-order valence-corrected chi connectivity index (χ3v) is 2.70. The van der Waals surface area contributed by atoms with Gasteiger partial charge in [0.1, 0.15) is 17.7 Å². The average Bonchev–Trinajstić information content (AvgIpc) is 2.22. The van der Waals surface area contributed by atoms with E-state index < -0.39 is 5.82 Å². The zero-order valence-electron chi connectivity index (χ0n) is 7.47. The van der Waals surface area contributed by atoms with Gasteiger partial charge in [0.15, 0.2) is 0 Å². The van der Waals surface area contributed by atoms with E-state index in [4.69, 9.17) is 22.6 Å². The van der Waals surface area contributed by atoms with Crippen molar-refractivity contribution in [3.05, 3.63) is 27.1 Å². The Bertz CT molecular complexity index is 453. The van der Waals surface area contributed by atoms with Crippen molar-refractivity contribution in [3.8, 4) is 6.07 Å². The Labute approximate surface area is 105 Å². The summed E-state index contributed by atoms with van der Waals surface area (Å²) in [5, 5.41) is 8.59. The Balaban J connectivity index is 3.24. The highest BCUT2D eigenvalue weighted by Gasteiger charge is 2.07. The third-order valence-electron chi connectivity index (χ3n) is 1.56. The van der Waals surface area contributed by atoms with Crippen LogP contribution in [0.15, 0.2) is 17.1 Å². The fourth-order valence-corrected chi connectivity index (χ4v) is 1.54. The Hall–Kier alpha value is -0.870. The van der Waals surface area contributed by atoms with Crippen LogP contribution in [-0.4, -0.2) is 11.7 Å². The van der Waals surface area contributed by atoms with Crippen LogP contribution in [0.3, 0.4) is 0 Å². The lowest BCUT2D eigenvalue weighted by atomic mass is 10.2. The van der Waals surface area contributed by atoms with Crippen molar-refractivity contribution in [1.82, 2.24) is 0 Å². The summed E-state index contributed by atoms with van der Waals surface area (Å²) in [7, 11) is 0. The predicted molar refractivity (Wildman–Crippen MR) is 65.8 cm³/mol. The summed E-state index contributed by atoms with van der Waals surface area (Å²) in [6.45, 7) is 0. The number of nitrogens with zero attached hydrogens (tertiary/aromatic N) is 2. The van der Waals surface area contributed by atoms with E-state index in [1.807, 2.05) is 22.6 Å². The molecule has 0 aliphatic carbocycles. The summed E-state index contributed by atoms with van der Waals surface area (Å²) in [6, 6.07) is 4.32. The minimum atomic E-state index is -0.612. The second kappa shape index (κ2) is 5.28. The molecule has 0 spiro atoms. The van der Waals surface area contributed by atoms with Crippen LogP contribution in [0, 0.1) is 20.7 Å². The van der Waals surface area contributed by atoms with Crippen LogP contribution in [0.1, 0.15) is 5.56 Å². The smallest absolute Gasteiger partial charge is 0.143 e. The average molecular weight is 338 g/mol. The quantitative estimate of drug-likeness (QED) is 0.390. The van der Waals surface area contributed by atoms with Gasteiger partial charge in [-0.1, -0.05) is 0 Å². The molecule has 78 valence electrons. The predicted octanol–water partition coefficient (Wildman–Crippen LogP) is 2.53. The molecule has 0 atom stereocenters. The molecule has 0 aromatic heterocycles. The molecule has 1 aromatic rings. The fourth-order valence-electron chi connectivity index (χ4n) is 0.892. The molecule has 1 rings (SSSR count). The molecule has 2 N–H and O–H groups in total. The maximum atomic E-state index is 13.2. The van der Waals surface area contributed by atoms with Crippen molar-refractivity contribution >= 4 is 45.7 Å². The molecule has 0 saturated carbocycles. The second-order valence-corrected chi connectivity index (χ2v) is 4.06. The topological polar surface area (TPSA) is 62.2 Å². The molecule has 0 fully saturated rings. The molecule has 0 amide bonds. The second-order valence-electron chi connectivity index (χ2n) is 2.63. The largest absolute Gasteiger partial charge is 0.386 e. The first-order chi connectivity index (χ1) is 7.08. The minimum Gasteiger partial charge on any atom is -0.386 e.